The van der Waals surface area contributed by atoms with Gasteiger partial charge in [-0.2, -0.15) is 0 Å². The summed E-state index contributed by atoms with van der Waals surface area (Å²) in [7, 11) is 1.48. The van der Waals surface area contributed by atoms with Crippen LogP contribution in [0.2, 0.25) is 0 Å². The van der Waals surface area contributed by atoms with Gasteiger partial charge in [0.05, 0.1) is 26.0 Å². The Hall–Kier alpha value is -2.32. The lowest BCUT2D eigenvalue weighted by Crippen LogP contribution is -2.42. The third-order valence-electron chi connectivity index (χ3n) is 3.77. The lowest BCUT2D eigenvalue weighted by atomic mass is 10.0. The molecule has 24 heavy (non-hydrogen) atoms. The van der Waals surface area contributed by atoms with E-state index in [0.29, 0.717) is 49.8 Å². The van der Waals surface area contributed by atoms with E-state index in [0.717, 1.165) is 0 Å². The number of methoxy groups -OCH3 is 1. The Labute approximate surface area is 140 Å². The molecule has 8 nitrogen and oxygen atoms in total. The summed E-state index contributed by atoms with van der Waals surface area (Å²) in [5.74, 6) is -0.512. The Balaban J connectivity index is 2.25. The highest BCUT2D eigenvalue weighted by Gasteiger charge is 2.29. The molecule has 3 N–H and O–H groups in total. The highest BCUT2D eigenvalue weighted by Crippen LogP contribution is 2.31. The topological polar surface area (TPSA) is 100 Å². The molecule has 0 bridgehead atoms. The van der Waals surface area contributed by atoms with E-state index >= 15 is 0 Å². The van der Waals surface area contributed by atoms with Gasteiger partial charge in [-0.3, -0.25) is 9.69 Å². The number of amides is 2. The fourth-order valence-corrected chi connectivity index (χ4v) is 2.65. The summed E-state index contributed by atoms with van der Waals surface area (Å²) in [6.07, 6.45) is 0. The maximum absolute atomic E-state index is 11.7. The second-order valence-electron chi connectivity index (χ2n) is 5.33. The fraction of sp³-hybridized carbons (Fsp3) is 0.500. The van der Waals surface area contributed by atoms with E-state index in [9.17, 15) is 14.7 Å². The molecule has 0 aliphatic carbocycles. The molecule has 8 heteroatoms. The maximum Gasteiger partial charge on any atom is 0.325 e. The normalized spacial score (nSPS) is 16.2. The number of benzene rings is 1. The summed E-state index contributed by atoms with van der Waals surface area (Å²) < 4.78 is 10.6. The molecule has 2 amide bonds. The van der Waals surface area contributed by atoms with Gasteiger partial charge in [-0.05, 0) is 24.6 Å². The van der Waals surface area contributed by atoms with E-state index in [1.165, 1.54) is 7.11 Å². The van der Waals surface area contributed by atoms with Gasteiger partial charge >= 0.3 is 12.0 Å². The molecule has 1 unspecified atom stereocenters. The predicted molar refractivity (Wildman–Crippen MR) is 88.5 cm³/mol. The zero-order valence-electron chi connectivity index (χ0n) is 13.9. The van der Waals surface area contributed by atoms with Crippen LogP contribution in [0.25, 0.3) is 0 Å². The van der Waals surface area contributed by atoms with Crippen molar-refractivity contribution < 1.29 is 24.2 Å². The van der Waals surface area contributed by atoms with Crippen LogP contribution in [0.3, 0.4) is 0 Å². The molecule has 0 aromatic heterocycles. The zero-order chi connectivity index (χ0) is 17.5. The van der Waals surface area contributed by atoms with Crippen molar-refractivity contribution in [1.82, 2.24) is 10.2 Å². The number of aliphatic carboxylic acids is 1. The lowest BCUT2D eigenvalue weighted by Gasteiger charge is -2.32. The molecule has 1 aliphatic heterocycles. The summed E-state index contributed by atoms with van der Waals surface area (Å²) >= 11 is 0. The molecule has 0 radical (unpaired) electrons. The van der Waals surface area contributed by atoms with Gasteiger partial charge < -0.3 is 25.2 Å². The first-order chi connectivity index (χ1) is 11.6. The molecular formula is C16H23N3O5. The van der Waals surface area contributed by atoms with Crippen molar-refractivity contribution in [3.05, 3.63) is 23.8 Å². The Morgan fingerprint density at radius 2 is 2.08 bits per heavy atom. The van der Waals surface area contributed by atoms with Gasteiger partial charge in [-0.1, -0.05) is 6.07 Å². The van der Waals surface area contributed by atoms with Crippen molar-refractivity contribution in [3.63, 3.8) is 0 Å². The average molecular weight is 337 g/mol. The van der Waals surface area contributed by atoms with Crippen LogP contribution < -0.4 is 15.4 Å². The number of rotatable bonds is 6. The Morgan fingerprint density at radius 1 is 1.38 bits per heavy atom. The molecule has 1 aromatic carbocycles. The number of ether oxygens (including phenoxy) is 2. The van der Waals surface area contributed by atoms with Gasteiger partial charge in [0, 0.05) is 19.6 Å². The summed E-state index contributed by atoms with van der Waals surface area (Å²) in [5.41, 5.74) is 1.08. The van der Waals surface area contributed by atoms with Crippen LogP contribution in [-0.4, -0.2) is 62.0 Å². The molecule has 2 rings (SSSR count). The van der Waals surface area contributed by atoms with Gasteiger partial charge in [-0.25, -0.2) is 4.79 Å². The van der Waals surface area contributed by atoms with Crippen molar-refractivity contribution in [1.29, 1.82) is 0 Å². The molecule has 0 spiro atoms. The van der Waals surface area contributed by atoms with E-state index in [1.54, 1.807) is 18.2 Å². The number of hydrogen-bond acceptors (Lipinski definition) is 5. The summed E-state index contributed by atoms with van der Waals surface area (Å²) in [6.45, 7) is 4.45. The van der Waals surface area contributed by atoms with Crippen molar-refractivity contribution in [2.75, 3.05) is 45.3 Å². The zero-order valence-corrected chi connectivity index (χ0v) is 13.9. The fourth-order valence-electron chi connectivity index (χ4n) is 2.65. The number of nitrogens with zero attached hydrogens (tertiary/aromatic N) is 1. The number of anilines is 1. The number of carboxylic acid groups (broad SMARTS) is 1. The molecule has 1 saturated heterocycles. The summed E-state index contributed by atoms with van der Waals surface area (Å²) in [5, 5.41) is 14.9. The largest absolute Gasteiger partial charge is 0.495 e. The maximum atomic E-state index is 11.7. The molecule has 132 valence electrons. The average Bonchev–Trinajstić information content (AvgIpc) is 2.57. The van der Waals surface area contributed by atoms with Gasteiger partial charge in [0.25, 0.3) is 0 Å². The van der Waals surface area contributed by atoms with Crippen LogP contribution in [-0.2, 0) is 9.53 Å². The lowest BCUT2D eigenvalue weighted by molar-refractivity contribution is -0.145. The molecule has 1 aromatic rings. The van der Waals surface area contributed by atoms with Crippen molar-refractivity contribution in [2.24, 2.45) is 0 Å². The van der Waals surface area contributed by atoms with Crippen LogP contribution in [0.4, 0.5) is 10.5 Å². The molecule has 1 heterocycles. The van der Waals surface area contributed by atoms with E-state index in [1.807, 2.05) is 11.8 Å². The minimum absolute atomic E-state index is 0.341. The summed E-state index contributed by atoms with van der Waals surface area (Å²) in [4.78, 5) is 25.3. The minimum Gasteiger partial charge on any atom is -0.495 e. The van der Waals surface area contributed by atoms with Crippen LogP contribution >= 0.6 is 0 Å². The van der Waals surface area contributed by atoms with Gasteiger partial charge in [0.15, 0.2) is 0 Å². The third-order valence-corrected chi connectivity index (χ3v) is 3.77. The quantitative estimate of drug-likeness (QED) is 0.723. The smallest absolute Gasteiger partial charge is 0.325 e. The number of hydrogen-bond donors (Lipinski definition) is 3. The van der Waals surface area contributed by atoms with Crippen LogP contribution in [0.15, 0.2) is 18.2 Å². The minimum atomic E-state index is -0.927. The van der Waals surface area contributed by atoms with Crippen LogP contribution in [0, 0.1) is 0 Å². The van der Waals surface area contributed by atoms with Crippen LogP contribution in [0.1, 0.15) is 18.5 Å². The number of urea groups is 1. The van der Waals surface area contributed by atoms with Gasteiger partial charge in [0.1, 0.15) is 11.8 Å². The number of carbonyl (C=O) groups is 2. The number of carboxylic acids is 1. The number of morpholine rings is 1. The monoisotopic (exact) mass is 337 g/mol. The first-order valence-electron chi connectivity index (χ1n) is 7.84. The predicted octanol–water partition coefficient (Wildman–Crippen LogP) is 1.29. The second-order valence-corrected chi connectivity index (χ2v) is 5.33. The van der Waals surface area contributed by atoms with Gasteiger partial charge in [0.2, 0.25) is 0 Å². The molecule has 0 saturated carbocycles. The van der Waals surface area contributed by atoms with E-state index < -0.39 is 12.0 Å². The Bertz CT molecular complexity index is 587. The molecular weight excluding hydrogens is 314 g/mol. The van der Waals surface area contributed by atoms with E-state index in [4.69, 9.17) is 9.47 Å². The molecule has 1 fully saturated rings. The van der Waals surface area contributed by atoms with Crippen molar-refractivity contribution in [3.8, 4) is 5.75 Å². The van der Waals surface area contributed by atoms with Crippen LogP contribution in [0.5, 0.6) is 5.75 Å². The van der Waals surface area contributed by atoms with Crippen molar-refractivity contribution in [2.45, 2.75) is 13.0 Å². The number of nitrogens with one attached hydrogen (secondary N) is 2. The molecule has 1 aliphatic rings. The third kappa shape index (κ3) is 4.36. The standard InChI is InChI=1S/C16H23N3O5/c1-3-17-16(22)18-12-5-4-11(10-13(12)23-2)14(15(20)21)19-6-8-24-9-7-19/h4-5,10,14H,3,6-9H2,1-2H3,(H,20,21)(H2,17,18,22). The first-order valence-corrected chi connectivity index (χ1v) is 7.84. The highest BCUT2D eigenvalue weighted by atomic mass is 16.5. The SMILES string of the molecule is CCNC(=O)Nc1ccc(C(C(=O)O)N2CCOCC2)cc1OC. The first kappa shape index (κ1) is 18.0. The van der Waals surface area contributed by atoms with E-state index in [-0.39, 0.29) is 6.03 Å². The number of carbonyl (C=O) groups excluding carboxylic acids is 1. The van der Waals surface area contributed by atoms with Crippen molar-refractivity contribution >= 4 is 17.7 Å². The second kappa shape index (κ2) is 8.51. The van der Waals surface area contributed by atoms with E-state index in [2.05, 4.69) is 10.6 Å². The highest BCUT2D eigenvalue weighted by molar-refractivity contribution is 5.91. The van der Waals surface area contributed by atoms with Gasteiger partial charge in [-0.15, -0.1) is 0 Å². The molecule has 1 atom stereocenters. The summed E-state index contributed by atoms with van der Waals surface area (Å²) in [6, 6.07) is 3.88. The Kier molecular flexibility index (Phi) is 6.39. The Morgan fingerprint density at radius 3 is 2.67 bits per heavy atom.